The average molecular weight is 467 g/mol. The van der Waals surface area contributed by atoms with Crippen LogP contribution in [0.2, 0.25) is 5.02 Å². The topological polar surface area (TPSA) is 56.7 Å². The minimum absolute atomic E-state index is 0. The standard InChI is InChI=1S/C17H27ClN4O.HI/c1-6-20-15(23)17(2,3)12-21-16(19-4)22(5)11-13-9-7-8-10-14(13)18;/h7-10H,6,11-12H2,1-5H3,(H,19,21)(H,20,23);1H. The number of hydrogen-bond donors (Lipinski definition) is 2. The SMILES string of the molecule is CCNC(=O)C(C)(C)CNC(=NC)N(C)Cc1ccccc1Cl.I. The lowest BCUT2D eigenvalue weighted by molar-refractivity contribution is -0.128. The highest BCUT2D eigenvalue weighted by molar-refractivity contribution is 14.0. The summed E-state index contributed by atoms with van der Waals surface area (Å²) in [4.78, 5) is 18.3. The molecule has 0 aromatic heterocycles. The van der Waals surface area contributed by atoms with Crippen LogP contribution in [0.4, 0.5) is 0 Å². The second kappa shape index (κ2) is 10.8. The van der Waals surface area contributed by atoms with Crippen molar-refractivity contribution in [1.82, 2.24) is 15.5 Å². The summed E-state index contributed by atoms with van der Waals surface area (Å²) < 4.78 is 0. The number of benzene rings is 1. The van der Waals surface area contributed by atoms with Crippen molar-refractivity contribution in [2.24, 2.45) is 10.4 Å². The van der Waals surface area contributed by atoms with Gasteiger partial charge in [-0.15, -0.1) is 24.0 Å². The normalized spacial score (nSPS) is 11.5. The van der Waals surface area contributed by atoms with E-state index in [0.717, 1.165) is 16.5 Å². The van der Waals surface area contributed by atoms with Crippen LogP contribution in [0, 0.1) is 5.41 Å². The van der Waals surface area contributed by atoms with Crippen molar-refractivity contribution < 1.29 is 4.79 Å². The first kappa shape index (κ1) is 23.0. The van der Waals surface area contributed by atoms with Gasteiger partial charge in [0.15, 0.2) is 5.96 Å². The summed E-state index contributed by atoms with van der Waals surface area (Å²) in [6.07, 6.45) is 0. The van der Waals surface area contributed by atoms with Crippen LogP contribution in [0.3, 0.4) is 0 Å². The summed E-state index contributed by atoms with van der Waals surface area (Å²) >= 11 is 6.20. The van der Waals surface area contributed by atoms with Crippen molar-refractivity contribution >= 4 is 47.4 Å². The van der Waals surface area contributed by atoms with Gasteiger partial charge < -0.3 is 15.5 Å². The Balaban J connectivity index is 0.00000529. The zero-order chi connectivity index (χ0) is 17.5. The lowest BCUT2D eigenvalue weighted by Crippen LogP contribution is -2.48. The van der Waals surface area contributed by atoms with Crippen LogP contribution in [0.25, 0.3) is 0 Å². The van der Waals surface area contributed by atoms with Crippen molar-refractivity contribution in [3.8, 4) is 0 Å². The van der Waals surface area contributed by atoms with E-state index in [2.05, 4.69) is 15.6 Å². The Morgan fingerprint density at radius 3 is 2.46 bits per heavy atom. The summed E-state index contributed by atoms with van der Waals surface area (Å²) in [7, 11) is 3.67. The number of nitrogens with one attached hydrogen (secondary N) is 2. The van der Waals surface area contributed by atoms with Crippen LogP contribution in [0.15, 0.2) is 29.3 Å². The highest BCUT2D eigenvalue weighted by atomic mass is 127. The maximum Gasteiger partial charge on any atom is 0.227 e. The predicted molar refractivity (Wildman–Crippen MR) is 112 cm³/mol. The molecule has 0 aliphatic heterocycles. The molecular formula is C17H28ClIN4O. The number of carbonyl (C=O) groups excluding carboxylic acids is 1. The summed E-state index contributed by atoms with van der Waals surface area (Å²) in [6.45, 7) is 7.50. The van der Waals surface area contributed by atoms with Crippen LogP contribution >= 0.6 is 35.6 Å². The van der Waals surface area contributed by atoms with E-state index < -0.39 is 5.41 Å². The first-order valence-electron chi connectivity index (χ1n) is 7.75. The lowest BCUT2D eigenvalue weighted by atomic mass is 9.92. The van der Waals surface area contributed by atoms with Crippen LogP contribution in [-0.4, -0.2) is 44.0 Å². The predicted octanol–water partition coefficient (Wildman–Crippen LogP) is 3.13. The largest absolute Gasteiger partial charge is 0.356 e. The molecule has 0 saturated heterocycles. The molecule has 0 aliphatic rings. The minimum atomic E-state index is -0.517. The molecule has 0 heterocycles. The molecular weight excluding hydrogens is 439 g/mol. The van der Waals surface area contributed by atoms with Gasteiger partial charge in [-0.2, -0.15) is 0 Å². The Labute approximate surface area is 167 Å². The van der Waals surface area contributed by atoms with Crippen LogP contribution < -0.4 is 10.6 Å². The molecule has 0 atom stereocenters. The number of carbonyl (C=O) groups is 1. The Hall–Kier alpha value is -1.02. The molecule has 0 saturated carbocycles. The monoisotopic (exact) mass is 466 g/mol. The van der Waals surface area contributed by atoms with Crippen molar-refractivity contribution in [2.75, 3.05) is 27.2 Å². The van der Waals surface area contributed by atoms with E-state index in [1.807, 2.05) is 57.0 Å². The fraction of sp³-hybridized carbons (Fsp3) is 0.529. The van der Waals surface area contributed by atoms with Gasteiger partial charge in [0.25, 0.3) is 0 Å². The van der Waals surface area contributed by atoms with E-state index in [4.69, 9.17) is 11.6 Å². The van der Waals surface area contributed by atoms with E-state index >= 15 is 0 Å². The molecule has 0 radical (unpaired) electrons. The Morgan fingerprint density at radius 2 is 1.92 bits per heavy atom. The highest BCUT2D eigenvalue weighted by Gasteiger charge is 2.27. The van der Waals surface area contributed by atoms with Crippen molar-refractivity contribution in [3.63, 3.8) is 0 Å². The van der Waals surface area contributed by atoms with Gasteiger partial charge in [-0.05, 0) is 32.4 Å². The Bertz CT molecular complexity index is 563. The molecule has 0 unspecified atom stereocenters. The zero-order valence-electron chi connectivity index (χ0n) is 15.0. The van der Waals surface area contributed by atoms with E-state index in [1.54, 1.807) is 7.05 Å². The molecule has 2 N–H and O–H groups in total. The number of halogens is 2. The first-order chi connectivity index (χ1) is 10.8. The van der Waals surface area contributed by atoms with E-state index in [-0.39, 0.29) is 29.9 Å². The smallest absolute Gasteiger partial charge is 0.227 e. The molecule has 0 aliphatic carbocycles. The third-order valence-corrected chi connectivity index (χ3v) is 3.95. The number of guanidine groups is 1. The third-order valence-electron chi connectivity index (χ3n) is 3.58. The fourth-order valence-electron chi connectivity index (χ4n) is 2.12. The molecule has 0 spiro atoms. The Kier molecular flexibility index (Phi) is 10.3. The minimum Gasteiger partial charge on any atom is -0.356 e. The van der Waals surface area contributed by atoms with E-state index in [0.29, 0.717) is 19.6 Å². The van der Waals surface area contributed by atoms with Crippen LogP contribution in [0.5, 0.6) is 0 Å². The number of amides is 1. The molecule has 1 amide bonds. The molecule has 0 fully saturated rings. The number of aliphatic imine (C=N–C) groups is 1. The second-order valence-electron chi connectivity index (χ2n) is 6.09. The molecule has 5 nitrogen and oxygen atoms in total. The van der Waals surface area contributed by atoms with Gasteiger partial charge in [-0.25, -0.2) is 0 Å². The van der Waals surface area contributed by atoms with Gasteiger partial charge in [0, 0.05) is 38.8 Å². The zero-order valence-corrected chi connectivity index (χ0v) is 18.1. The fourth-order valence-corrected chi connectivity index (χ4v) is 2.32. The molecule has 136 valence electrons. The number of hydrogen-bond acceptors (Lipinski definition) is 2. The van der Waals surface area contributed by atoms with Crippen molar-refractivity contribution in [2.45, 2.75) is 27.3 Å². The molecule has 1 aromatic rings. The maximum atomic E-state index is 12.0. The summed E-state index contributed by atoms with van der Waals surface area (Å²) in [5.74, 6) is 0.749. The molecule has 24 heavy (non-hydrogen) atoms. The number of nitrogens with zero attached hydrogens (tertiary/aromatic N) is 2. The lowest BCUT2D eigenvalue weighted by Gasteiger charge is -2.28. The van der Waals surface area contributed by atoms with E-state index in [1.165, 1.54) is 0 Å². The molecule has 1 rings (SSSR count). The van der Waals surface area contributed by atoms with E-state index in [9.17, 15) is 4.79 Å². The average Bonchev–Trinajstić information content (AvgIpc) is 2.50. The van der Waals surface area contributed by atoms with Crippen LogP contribution in [0.1, 0.15) is 26.3 Å². The van der Waals surface area contributed by atoms with Gasteiger partial charge in [0.2, 0.25) is 5.91 Å². The molecule has 7 heteroatoms. The van der Waals surface area contributed by atoms with Crippen molar-refractivity contribution in [3.05, 3.63) is 34.9 Å². The maximum absolute atomic E-state index is 12.0. The van der Waals surface area contributed by atoms with Crippen LogP contribution in [-0.2, 0) is 11.3 Å². The summed E-state index contributed by atoms with van der Waals surface area (Å²) in [6, 6.07) is 7.74. The van der Waals surface area contributed by atoms with Gasteiger partial charge >= 0.3 is 0 Å². The third kappa shape index (κ3) is 6.84. The van der Waals surface area contributed by atoms with Gasteiger partial charge in [0.05, 0.1) is 5.41 Å². The summed E-state index contributed by atoms with van der Waals surface area (Å²) in [5, 5.41) is 6.85. The van der Waals surface area contributed by atoms with Gasteiger partial charge in [-0.3, -0.25) is 9.79 Å². The Morgan fingerprint density at radius 1 is 1.29 bits per heavy atom. The molecule has 0 bridgehead atoms. The number of rotatable bonds is 6. The first-order valence-corrected chi connectivity index (χ1v) is 8.13. The summed E-state index contributed by atoms with van der Waals surface area (Å²) in [5.41, 5.74) is 0.514. The second-order valence-corrected chi connectivity index (χ2v) is 6.50. The van der Waals surface area contributed by atoms with Gasteiger partial charge in [-0.1, -0.05) is 29.8 Å². The molecule has 1 aromatic carbocycles. The van der Waals surface area contributed by atoms with Gasteiger partial charge in [0.1, 0.15) is 0 Å². The quantitative estimate of drug-likeness (QED) is 0.385. The van der Waals surface area contributed by atoms with Crippen molar-refractivity contribution in [1.29, 1.82) is 0 Å². The highest BCUT2D eigenvalue weighted by Crippen LogP contribution is 2.17.